The van der Waals surface area contributed by atoms with Crippen molar-refractivity contribution in [3.63, 3.8) is 0 Å². The minimum absolute atomic E-state index is 0.0502. The maximum Gasteiger partial charge on any atom is 0.530 e. The number of rotatable bonds is 18. The molecule has 0 fully saturated rings. The summed E-state index contributed by atoms with van der Waals surface area (Å²) < 4.78 is 49.4. The van der Waals surface area contributed by atoms with E-state index in [0.29, 0.717) is 13.4 Å². The molecular formula is C22H24Br3O14P. The molecular weight excluding hydrogens is 759 g/mol. The summed E-state index contributed by atoms with van der Waals surface area (Å²) in [6, 6.07) is 3.20. The number of phosphoric acid groups is 1. The van der Waals surface area contributed by atoms with Crippen molar-refractivity contribution in [3.05, 3.63) is 49.9 Å². The van der Waals surface area contributed by atoms with E-state index in [1.807, 2.05) is 0 Å². The van der Waals surface area contributed by atoms with Gasteiger partial charge >= 0.3 is 31.7 Å². The Bertz CT molecular complexity index is 1050. The van der Waals surface area contributed by atoms with E-state index in [9.17, 15) is 23.7 Å². The molecule has 0 aliphatic carbocycles. The minimum atomic E-state index is -4.41. The van der Waals surface area contributed by atoms with Crippen molar-refractivity contribution in [2.24, 2.45) is 0 Å². The normalized spacial score (nSPS) is 12.6. The summed E-state index contributed by atoms with van der Waals surface area (Å²) in [5, 5.41) is 17.2. The lowest BCUT2D eigenvalue weighted by Gasteiger charge is -2.20. The number of halogens is 3. The molecule has 1 unspecified atom stereocenters. The molecule has 1 rings (SSSR count). The third kappa shape index (κ3) is 15.6. The van der Waals surface area contributed by atoms with Gasteiger partial charge in [-0.3, -0.25) is 9.05 Å². The number of hydrogen-bond donors (Lipinski definition) is 2. The number of phosphoric ester groups is 1. The molecule has 0 aliphatic heterocycles. The number of benzene rings is 1. The van der Waals surface area contributed by atoms with E-state index in [1.165, 1.54) is 0 Å². The SMILES string of the molecule is O=C(/C=C\C(=O)OCCOP(=O)(OCCOC(=O)/C=C/C(=O)OCCO)Oc1c(Br)cc(Br)cc1Br)OCCO. The number of aliphatic hydroxyl groups excluding tert-OH is 2. The molecule has 222 valence electrons. The highest BCUT2D eigenvalue weighted by atomic mass is 79.9. The zero-order valence-corrected chi connectivity index (χ0v) is 26.1. The zero-order valence-electron chi connectivity index (χ0n) is 20.5. The van der Waals surface area contributed by atoms with E-state index >= 15 is 0 Å². The first kappa shape index (κ1) is 35.9. The van der Waals surface area contributed by atoms with Crippen LogP contribution in [0.25, 0.3) is 0 Å². The quantitative estimate of drug-likeness (QED) is 0.0727. The molecule has 0 saturated heterocycles. The third-order valence-corrected chi connectivity index (χ3v) is 6.74. The van der Waals surface area contributed by atoms with Crippen LogP contribution in [0.15, 0.2) is 49.9 Å². The van der Waals surface area contributed by atoms with Crippen LogP contribution in [-0.2, 0) is 51.7 Å². The molecule has 1 atom stereocenters. The maximum absolute atomic E-state index is 13.3. The van der Waals surface area contributed by atoms with Crippen LogP contribution < -0.4 is 4.52 Å². The van der Waals surface area contributed by atoms with Gasteiger partial charge in [-0.15, -0.1) is 0 Å². The lowest BCUT2D eigenvalue weighted by molar-refractivity contribution is -0.141. The van der Waals surface area contributed by atoms with Crippen LogP contribution in [0.3, 0.4) is 0 Å². The van der Waals surface area contributed by atoms with Crippen molar-refractivity contribution in [1.82, 2.24) is 0 Å². The van der Waals surface area contributed by atoms with Crippen LogP contribution in [0.4, 0.5) is 0 Å². The highest BCUT2D eigenvalue weighted by Crippen LogP contribution is 2.53. The van der Waals surface area contributed by atoms with E-state index in [2.05, 4.69) is 57.3 Å². The molecule has 0 radical (unpaired) electrons. The zero-order chi connectivity index (χ0) is 30.0. The van der Waals surface area contributed by atoms with E-state index in [1.54, 1.807) is 12.1 Å². The van der Waals surface area contributed by atoms with Crippen LogP contribution in [0.5, 0.6) is 5.75 Å². The number of esters is 4. The van der Waals surface area contributed by atoms with Gasteiger partial charge in [0.15, 0.2) is 5.75 Å². The molecule has 18 heteroatoms. The summed E-state index contributed by atoms with van der Waals surface area (Å²) in [7, 11) is -4.41. The monoisotopic (exact) mass is 780 g/mol. The Labute approximate surface area is 253 Å². The van der Waals surface area contributed by atoms with E-state index < -0.39 is 58.1 Å². The summed E-state index contributed by atoms with van der Waals surface area (Å²) in [5.41, 5.74) is 0. The second kappa shape index (κ2) is 19.9. The van der Waals surface area contributed by atoms with Gasteiger partial charge in [0.1, 0.15) is 26.4 Å². The number of carbonyl (C=O) groups is 4. The fourth-order valence-corrected chi connectivity index (χ4v) is 6.02. The van der Waals surface area contributed by atoms with Gasteiger partial charge in [0.05, 0.1) is 35.4 Å². The van der Waals surface area contributed by atoms with Gasteiger partial charge in [-0.25, -0.2) is 23.7 Å². The molecule has 1 aromatic rings. The first-order valence-electron chi connectivity index (χ1n) is 11.0. The van der Waals surface area contributed by atoms with E-state index in [-0.39, 0.29) is 32.2 Å². The molecule has 40 heavy (non-hydrogen) atoms. The summed E-state index contributed by atoms with van der Waals surface area (Å²) in [6.45, 7) is -2.97. The molecule has 0 spiro atoms. The van der Waals surface area contributed by atoms with Crippen LogP contribution in [0.2, 0.25) is 0 Å². The average molecular weight is 783 g/mol. The molecule has 0 saturated carbocycles. The fraction of sp³-hybridized carbons (Fsp3) is 0.364. The Morgan fingerprint density at radius 3 is 1.35 bits per heavy atom. The number of aliphatic hydroxyl groups is 2. The van der Waals surface area contributed by atoms with Gasteiger partial charge in [-0.05, 0) is 44.0 Å². The summed E-state index contributed by atoms with van der Waals surface area (Å²) >= 11 is 9.82. The van der Waals surface area contributed by atoms with Crippen LogP contribution in [-0.4, -0.2) is 86.9 Å². The van der Waals surface area contributed by atoms with E-state index in [4.69, 9.17) is 33.3 Å². The molecule has 0 amide bonds. The maximum atomic E-state index is 13.3. The van der Waals surface area contributed by atoms with Gasteiger partial charge in [0.2, 0.25) is 0 Å². The Balaban J connectivity index is 2.72. The average Bonchev–Trinajstić information content (AvgIpc) is 2.91. The van der Waals surface area contributed by atoms with Crippen molar-refractivity contribution < 1.29 is 66.5 Å². The number of hydrogen-bond acceptors (Lipinski definition) is 14. The van der Waals surface area contributed by atoms with Gasteiger partial charge < -0.3 is 33.7 Å². The van der Waals surface area contributed by atoms with Gasteiger partial charge in [-0.1, -0.05) is 15.9 Å². The van der Waals surface area contributed by atoms with Crippen molar-refractivity contribution in [1.29, 1.82) is 0 Å². The first-order chi connectivity index (χ1) is 19.0. The lowest BCUT2D eigenvalue weighted by Crippen LogP contribution is -2.14. The summed E-state index contributed by atoms with van der Waals surface area (Å²) in [4.78, 5) is 46.0. The fourth-order valence-electron chi connectivity index (χ4n) is 2.16. The Hall–Kier alpha value is -2.11. The predicted molar refractivity (Wildman–Crippen MR) is 146 cm³/mol. The summed E-state index contributed by atoms with van der Waals surface area (Å²) in [6.07, 6.45) is 3.18. The smallest absolute Gasteiger partial charge is 0.460 e. The van der Waals surface area contributed by atoms with Crippen molar-refractivity contribution in [2.75, 3.05) is 52.9 Å². The topological polar surface area (TPSA) is 190 Å². The minimum Gasteiger partial charge on any atom is -0.460 e. The highest BCUT2D eigenvalue weighted by molar-refractivity contribution is 9.11. The number of ether oxygens (including phenoxy) is 4. The van der Waals surface area contributed by atoms with Crippen LogP contribution in [0.1, 0.15) is 0 Å². The summed E-state index contributed by atoms with van der Waals surface area (Å²) in [5.74, 6) is -3.54. The standard InChI is InChI=1S/C22H24Br3O14P/c23-15-13-16(24)22(17(25)14-15)39-40(32,37-11-9-35-20(30)3-1-18(28)33-7-5-26)38-12-10-36-21(31)4-2-19(29)34-8-6-27/h1-4,13-14,26-27H,5-12H2/b3-1-,4-2+. The molecule has 0 aromatic heterocycles. The van der Waals surface area contributed by atoms with Gasteiger partial charge in [0.25, 0.3) is 0 Å². The highest BCUT2D eigenvalue weighted by Gasteiger charge is 2.31. The Morgan fingerprint density at radius 1 is 0.650 bits per heavy atom. The molecule has 0 aliphatic rings. The Morgan fingerprint density at radius 2 is 1.00 bits per heavy atom. The molecule has 0 bridgehead atoms. The third-order valence-electron chi connectivity index (χ3n) is 3.70. The second-order valence-corrected chi connectivity index (χ2v) is 10.9. The molecule has 14 nitrogen and oxygen atoms in total. The van der Waals surface area contributed by atoms with Crippen molar-refractivity contribution >= 4 is 79.5 Å². The van der Waals surface area contributed by atoms with Crippen LogP contribution >= 0.6 is 55.6 Å². The van der Waals surface area contributed by atoms with E-state index in [0.717, 1.165) is 24.3 Å². The predicted octanol–water partition coefficient (Wildman–Crippen LogP) is 2.76. The second-order valence-electron chi connectivity index (χ2n) is 6.69. The van der Waals surface area contributed by atoms with Gasteiger partial charge in [0, 0.05) is 28.8 Å². The molecule has 2 N–H and O–H groups in total. The van der Waals surface area contributed by atoms with Crippen molar-refractivity contribution in [3.8, 4) is 5.75 Å². The number of carbonyl (C=O) groups excluding carboxylic acids is 4. The van der Waals surface area contributed by atoms with Crippen molar-refractivity contribution in [2.45, 2.75) is 0 Å². The van der Waals surface area contributed by atoms with Crippen LogP contribution in [0, 0.1) is 0 Å². The first-order valence-corrected chi connectivity index (χ1v) is 14.8. The lowest BCUT2D eigenvalue weighted by atomic mass is 10.3. The largest absolute Gasteiger partial charge is 0.530 e. The Kier molecular flexibility index (Phi) is 17.9. The molecule has 1 aromatic carbocycles. The molecule has 0 heterocycles. The van der Waals surface area contributed by atoms with Gasteiger partial charge in [-0.2, -0.15) is 0 Å².